The molecule has 0 fully saturated rings. The van der Waals surface area contributed by atoms with E-state index in [9.17, 15) is 0 Å². The average molecular weight is 276 g/mol. The monoisotopic (exact) mass is 276 g/mol. The number of benzene rings is 1. The lowest BCUT2D eigenvalue weighted by atomic mass is 10.0. The molecular formula is C18H32N2. The second-order valence-corrected chi connectivity index (χ2v) is 5.65. The van der Waals surface area contributed by atoms with Crippen molar-refractivity contribution in [2.24, 2.45) is 0 Å². The highest BCUT2D eigenvalue weighted by molar-refractivity contribution is 5.49. The zero-order valence-electron chi connectivity index (χ0n) is 13.9. The van der Waals surface area contributed by atoms with Crippen LogP contribution in [0.4, 0.5) is 5.69 Å². The van der Waals surface area contributed by atoms with Crippen LogP contribution in [0.2, 0.25) is 0 Å². The molecule has 2 unspecified atom stereocenters. The Morgan fingerprint density at radius 2 is 1.70 bits per heavy atom. The maximum Gasteiger partial charge on any atom is 0.0368 e. The van der Waals surface area contributed by atoms with Crippen molar-refractivity contribution in [3.8, 4) is 0 Å². The number of nitrogens with zero attached hydrogens (tertiary/aromatic N) is 1. The maximum atomic E-state index is 3.37. The van der Waals surface area contributed by atoms with Crippen LogP contribution < -0.4 is 10.2 Å². The molecule has 0 radical (unpaired) electrons. The molecular weight excluding hydrogens is 244 g/mol. The molecule has 2 atom stereocenters. The van der Waals surface area contributed by atoms with Gasteiger partial charge in [-0.3, -0.25) is 0 Å². The molecule has 1 N–H and O–H groups in total. The molecule has 0 bridgehead atoms. The Balaban J connectivity index is 2.86. The zero-order chi connectivity index (χ0) is 15.0. The van der Waals surface area contributed by atoms with E-state index in [4.69, 9.17) is 0 Å². The molecule has 0 spiro atoms. The number of nitrogens with one attached hydrogen (secondary N) is 1. The summed E-state index contributed by atoms with van der Waals surface area (Å²) >= 11 is 0. The minimum absolute atomic E-state index is 0.469. The van der Waals surface area contributed by atoms with E-state index in [0.29, 0.717) is 12.1 Å². The smallest absolute Gasteiger partial charge is 0.0368 e. The molecule has 1 aromatic rings. The zero-order valence-corrected chi connectivity index (χ0v) is 13.9. The van der Waals surface area contributed by atoms with E-state index in [1.807, 2.05) is 7.05 Å². The SMILES string of the molecule is CCCCN(c1ccc(C(CC)NC)cc1)C(C)CC. The van der Waals surface area contributed by atoms with Gasteiger partial charge >= 0.3 is 0 Å². The van der Waals surface area contributed by atoms with Gasteiger partial charge in [-0.2, -0.15) is 0 Å². The van der Waals surface area contributed by atoms with E-state index in [0.717, 1.165) is 13.0 Å². The molecule has 0 saturated carbocycles. The summed E-state index contributed by atoms with van der Waals surface area (Å²) in [6.45, 7) is 10.2. The van der Waals surface area contributed by atoms with Crippen LogP contribution >= 0.6 is 0 Å². The summed E-state index contributed by atoms with van der Waals surface area (Å²) < 4.78 is 0. The molecule has 0 heterocycles. The van der Waals surface area contributed by atoms with Crippen LogP contribution in [0.5, 0.6) is 0 Å². The molecule has 2 heteroatoms. The van der Waals surface area contributed by atoms with Crippen LogP contribution in [0, 0.1) is 0 Å². The highest BCUT2D eigenvalue weighted by Gasteiger charge is 2.13. The minimum Gasteiger partial charge on any atom is -0.369 e. The van der Waals surface area contributed by atoms with Crippen molar-refractivity contribution in [2.45, 2.75) is 65.5 Å². The molecule has 20 heavy (non-hydrogen) atoms. The molecule has 0 aliphatic heterocycles. The van der Waals surface area contributed by atoms with Gasteiger partial charge in [-0.05, 0) is 50.9 Å². The van der Waals surface area contributed by atoms with Crippen LogP contribution in [0.15, 0.2) is 24.3 Å². The third-order valence-corrected chi connectivity index (χ3v) is 4.26. The Labute approximate surface area is 125 Å². The molecule has 114 valence electrons. The number of hydrogen-bond donors (Lipinski definition) is 1. The summed E-state index contributed by atoms with van der Waals surface area (Å²) in [5.74, 6) is 0. The molecule has 0 aliphatic rings. The van der Waals surface area contributed by atoms with E-state index >= 15 is 0 Å². The molecule has 0 aliphatic carbocycles. The average Bonchev–Trinajstić information content (AvgIpc) is 2.50. The van der Waals surface area contributed by atoms with Crippen LogP contribution in [0.3, 0.4) is 0 Å². The Hall–Kier alpha value is -1.02. The van der Waals surface area contributed by atoms with Crippen molar-refractivity contribution < 1.29 is 0 Å². The van der Waals surface area contributed by atoms with Gasteiger partial charge in [0, 0.05) is 24.3 Å². The van der Waals surface area contributed by atoms with Crippen molar-refractivity contribution in [1.82, 2.24) is 5.32 Å². The topological polar surface area (TPSA) is 15.3 Å². The van der Waals surface area contributed by atoms with Crippen LogP contribution in [0.25, 0.3) is 0 Å². The Bertz CT molecular complexity index is 354. The van der Waals surface area contributed by atoms with Crippen molar-refractivity contribution >= 4 is 5.69 Å². The summed E-state index contributed by atoms with van der Waals surface area (Å²) in [6.07, 6.45) is 4.84. The Morgan fingerprint density at radius 3 is 2.15 bits per heavy atom. The molecule has 0 saturated heterocycles. The van der Waals surface area contributed by atoms with Crippen LogP contribution in [0.1, 0.15) is 65.0 Å². The summed E-state index contributed by atoms with van der Waals surface area (Å²) in [5.41, 5.74) is 2.75. The van der Waals surface area contributed by atoms with E-state index in [-0.39, 0.29) is 0 Å². The van der Waals surface area contributed by atoms with E-state index in [2.05, 4.69) is 62.2 Å². The van der Waals surface area contributed by atoms with Crippen LogP contribution in [-0.2, 0) is 0 Å². The summed E-state index contributed by atoms with van der Waals surface area (Å²) in [6, 6.07) is 10.2. The fraction of sp³-hybridized carbons (Fsp3) is 0.667. The fourth-order valence-electron chi connectivity index (χ4n) is 2.66. The van der Waals surface area contributed by atoms with E-state index in [1.54, 1.807) is 0 Å². The molecule has 0 aromatic heterocycles. The van der Waals surface area contributed by atoms with Crippen LogP contribution in [-0.4, -0.2) is 19.6 Å². The van der Waals surface area contributed by atoms with Gasteiger partial charge in [-0.15, -0.1) is 0 Å². The number of anilines is 1. The molecule has 1 aromatic carbocycles. The van der Waals surface area contributed by atoms with Gasteiger partial charge in [-0.25, -0.2) is 0 Å². The van der Waals surface area contributed by atoms with Crippen molar-refractivity contribution in [2.75, 3.05) is 18.5 Å². The predicted molar refractivity (Wildman–Crippen MR) is 90.5 cm³/mol. The minimum atomic E-state index is 0.469. The first-order chi connectivity index (χ1) is 9.67. The van der Waals surface area contributed by atoms with Crippen molar-refractivity contribution in [3.05, 3.63) is 29.8 Å². The van der Waals surface area contributed by atoms with Gasteiger partial charge in [-0.1, -0.05) is 39.3 Å². The molecule has 0 amide bonds. The normalized spacial score (nSPS) is 14.1. The summed E-state index contributed by atoms with van der Waals surface area (Å²) in [7, 11) is 2.04. The quantitative estimate of drug-likeness (QED) is 0.699. The summed E-state index contributed by atoms with van der Waals surface area (Å²) in [5, 5.41) is 3.37. The first-order valence-corrected chi connectivity index (χ1v) is 8.21. The first-order valence-electron chi connectivity index (χ1n) is 8.21. The standard InChI is InChI=1S/C18H32N2/c1-6-9-14-20(15(4)7-2)17-12-10-16(11-13-17)18(8-3)19-5/h10-13,15,18-19H,6-9,14H2,1-5H3. The van der Waals surface area contributed by atoms with E-state index in [1.165, 1.54) is 30.5 Å². The van der Waals surface area contributed by atoms with E-state index < -0.39 is 0 Å². The lowest BCUT2D eigenvalue weighted by Gasteiger charge is -2.31. The van der Waals surface area contributed by atoms with Gasteiger partial charge in [0.25, 0.3) is 0 Å². The highest BCUT2D eigenvalue weighted by atomic mass is 15.2. The van der Waals surface area contributed by atoms with Gasteiger partial charge in [0.1, 0.15) is 0 Å². The summed E-state index contributed by atoms with van der Waals surface area (Å²) in [4.78, 5) is 2.55. The lowest BCUT2D eigenvalue weighted by Crippen LogP contribution is -2.33. The second-order valence-electron chi connectivity index (χ2n) is 5.65. The number of unbranched alkanes of at least 4 members (excludes halogenated alkanes) is 1. The van der Waals surface area contributed by atoms with Gasteiger partial charge in [0.05, 0.1) is 0 Å². The number of rotatable bonds is 9. The lowest BCUT2D eigenvalue weighted by molar-refractivity contribution is 0.575. The third kappa shape index (κ3) is 4.52. The first kappa shape index (κ1) is 17.0. The van der Waals surface area contributed by atoms with Gasteiger partial charge in [0.2, 0.25) is 0 Å². The van der Waals surface area contributed by atoms with Gasteiger partial charge in [0.15, 0.2) is 0 Å². The van der Waals surface area contributed by atoms with Gasteiger partial charge < -0.3 is 10.2 Å². The second kappa shape index (κ2) is 9.02. The van der Waals surface area contributed by atoms with Crippen molar-refractivity contribution in [3.63, 3.8) is 0 Å². The fourth-order valence-corrected chi connectivity index (χ4v) is 2.66. The predicted octanol–water partition coefficient (Wildman–Crippen LogP) is 4.76. The Kier molecular flexibility index (Phi) is 7.68. The molecule has 2 nitrogen and oxygen atoms in total. The highest BCUT2D eigenvalue weighted by Crippen LogP contribution is 2.23. The third-order valence-electron chi connectivity index (χ3n) is 4.26. The number of hydrogen-bond acceptors (Lipinski definition) is 2. The maximum absolute atomic E-state index is 3.37. The largest absolute Gasteiger partial charge is 0.369 e. The Morgan fingerprint density at radius 1 is 1.05 bits per heavy atom. The van der Waals surface area contributed by atoms with Crippen molar-refractivity contribution in [1.29, 1.82) is 0 Å². The molecule has 1 rings (SSSR count).